The summed E-state index contributed by atoms with van der Waals surface area (Å²) < 4.78 is 7.77. The first-order valence-electron chi connectivity index (χ1n) is 8.21. The van der Waals surface area contributed by atoms with Gasteiger partial charge in [0, 0.05) is 17.1 Å². The average molecular weight is 398 g/mol. The fraction of sp³-hybridized carbons (Fsp3) is 0.190. The first kappa shape index (κ1) is 17.5. The molecule has 0 radical (unpaired) electrons. The van der Waals surface area contributed by atoms with Gasteiger partial charge in [-0.3, -0.25) is 4.79 Å². The number of carbonyl (C=O) groups is 1. The zero-order valence-corrected chi connectivity index (χ0v) is 15.7. The first-order valence-corrected chi connectivity index (χ1v) is 9.34. The second kappa shape index (κ2) is 8.17. The number of aromatic nitrogens is 1. The summed E-state index contributed by atoms with van der Waals surface area (Å²) in [7, 11) is 0. The summed E-state index contributed by atoms with van der Waals surface area (Å²) in [6, 6.07) is 19.4. The van der Waals surface area contributed by atoms with Crippen molar-refractivity contribution >= 4 is 21.7 Å². The molecule has 0 saturated carbocycles. The molecule has 128 valence electrons. The lowest BCUT2D eigenvalue weighted by Gasteiger charge is -2.11. The van der Waals surface area contributed by atoms with Crippen molar-refractivity contribution in [3.63, 3.8) is 0 Å². The Kier molecular flexibility index (Phi) is 5.71. The number of rotatable bonds is 7. The van der Waals surface area contributed by atoms with Gasteiger partial charge in [0.05, 0.1) is 12.2 Å². The number of hydrogen-bond acceptors (Lipinski definition) is 2. The van der Waals surface area contributed by atoms with Gasteiger partial charge in [0.2, 0.25) is 5.78 Å². The molecular weight excluding hydrogens is 378 g/mol. The Morgan fingerprint density at radius 2 is 1.88 bits per heavy atom. The molecule has 0 aliphatic rings. The second-order valence-electron chi connectivity index (χ2n) is 5.91. The molecule has 0 unspecified atom stereocenters. The number of ketones is 1. The van der Waals surface area contributed by atoms with E-state index in [1.165, 1.54) is 5.56 Å². The number of halogens is 1. The van der Waals surface area contributed by atoms with Gasteiger partial charge >= 0.3 is 0 Å². The molecule has 3 rings (SSSR count). The van der Waals surface area contributed by atoms with Crippen molar-refractivity contribution in [1.29, 1.82) is 0 Å². The van der Waals surface area contributed by atoms with E-state index >= 15 is 0 Å². The van der Waals surface area contributed by atoms with E-state index in [9.17, 15) is 4.79 Å². The summed E-state index contributed by atoms with van der Waals surface area (Å²) in [6.07, 6.45) is 1.92. The van der Waals surface area contributed by atoms with Crippen LogP contribution in [0.3, 0.4) is 0 Å². The van der Waals surface area contributed by atoms with Crippen molar-refractivity contribution < 1.29 is 9.53 Å². The minimum absolute atomic E-state index is 0.0336. The molecule has 0 saturated heterocycles. The molecule has 0 N–H and O–H groups in total. The van der Waals surface area contributed by atoms with Gasteiger partial charge in [0.25, 0.3) is 0 Å². The number of benzene rings is 2. The molecule has 3 aromatic rings. The van der Waals surface area contributed by atoms with Crippen LogP contribution in [0.4, 0.5) is 0 Å². The number of ether oxygens (including phenoxy) is 1. The highest BCUT2D eigenvalue weighted by Gasteiger charge is 2.13. The molecular formula is C21H20BrNO2. The van der Waals surface area contributed by atoms with E-state index in [1.54, 1.807) is 0 Å². The van der Waals surface area contributed by atoms with E-state index in [0.717, 1.165) is 16.6 Å². The highest BCUT2D eigenvalue weighted by molar-refractivity contribution is 9.08. The molecule has 0 aliphatic heterocycles. The molecule has 0 fully saturated rings. The molecule has 1 aromatic heterocycles. The van der Waals surface area contributed by atoms with E-state index in [-0.39, 0.29) is 5.78 Å². The molecule has 2 aromatic carbocycles. The summed E-state index contributed by atoms with van der Waals surface area (Å²) in [4.78, 5) is 12.7. The molecule has 0 atom stereocenters. The van der Waals surface area contributed by atoms with Gasteiger partial charge in [-0.2, -0.15) is 0 Å². The Morgan fingerprint density at radius 3 is 2.64 bits per heavy atom. The van der Waals surface area contributed by atoms with Gasteiger partial charge in [-0.25, -0.2) is 0 Å². The SMILES string of the molecule is Cc1ccc(C(=O)c2cccn2CCOc2cccc(CBr)c2)cc1. The molecule has 1 heterocycles. The van der Waals surface area contributed by atoms with Gasteiger partial charge in [-0.05, 0) is 36.8 Å². The van der Waals surface area contributed by atoms with Crippen LogP contribution in [0.2, 0.25) is 0 Å². The van der Waals surface area contributed by atoms with Crippen LogP contribution in [-0.2, 0) is 11.9 Å². The lowest BCUT2D eigenvalue weighted by atomic mass is 10.1. The summed E-state index contributed by atoms with van der Waals surface area (Å²) in [6.45, 7) is 3.14. The van der Waals surface area contributed by atoms with E-state index in [1.807, 2.05) is 78.4 Å². The third-order valence-corrected chi connectivity index (χ3v) is 4.68. The molecule has 25 heavy (non-hydrogen) atoms. The van der Waals surface area contributed by atoms with Crippen LogP contribution >= 0.6 is 15.9 Å². The smallest absolute Gasteiger partial charge is 0.209 e. The molecule has 0 bridgehead atoms. The van der Waals surface area contributed by atoms with Gasteiger partial charge < -0.3 is 9.30 Å². The maximum absolute atomic E-state index is 12.7. The summed E-state index contributed by atoms with van der Waals surface area (Å²) in [5.74, 6) is 0.877. The minimum Gasteiger partial charge on any atom is -0.492 e. The lowest BCUT2D eigenvalue weighted by Crippen LogP contribution is -2.14. The Labute approximate surface area is 156 Å². The minimum atomic E-state index is 0.0336. The Bertz CT molecular complexity index is 852. The van der Waals surface area contributed by atoms with Gasteiger partial charge in [0.1, 0.15) is 12.4 Å². The topological polar surface area (TPSA) is 31.2 Å². The van der Waals surface area contributed by atoms with Crippen LogP contribution in [0.25, 0.3) is 0 Å². The van der Waals surface area contributed by atoms with Crippen LogP contribution in [0.5, 0.6) is 5.75 Å². The van der Waals surface area contributed by atoms with Crippen molar-refractivity contribution in [3.8, 4) is 5.75 Å². The van der Waals surface area contributed by atoms with Gasteiger partial charge in [-0.1, -0.05) is 57.9 Å². The normalized spacial score (nSPS) is 10.6. The molecule has 4 heteroatoms. The predicted octanol–water partition coefficient (Wildman–Crippen LogP) is 5.00. The van der Waals surface area contributed by atoms with Crippen LogP contribution in [-0.4, -0.2) is 17.0 Å². The largest absolute Gasteiger partial charge is 0.492 e. The van der Waals surface area contributed by atoms with E-state index < -0.39 is 0 Å². The van der Waals surface area contributed by atoms with E-state index in [0.29, 0.717) is 24.4 Å². The van der Waals surface area contributed by atoms with Crippen molar-refractivity contribution in [2.45, 2.75) is 18.8 Å². The van der Waals surface area contributed by atoms with Crippen molar-refractivity contribution in [3.05, 3.63) is 89.2 Å². The maximum atomic E-state index is 12.7. The summed E-state index contributed by atoms with van der Waals surface area (Å²) in [5.41, 5.74) is 3.71. The zero-order chi connectivity index (χ0) is 17.6. The Balaban J connectivity index is 1.65. The zero-order valence-electron chi connectivity index (χ0n) is 14.1. The maximum Gasteiger partial charge on any atom is 0.209 e. The third-order valence-electron chi connectivity index (χ3n) is 4.03. The number of alkyl halides is 1. The van der Waals surface area contributed by atoms with Crippen LogP contribution in [0.15, 0.2) is 66.9 Å². The molecule has 0 spiro atoms. The van der Waals surface area contributed by atoms with E-state index in [2.05, 4.69) is 15.9 Å². The monoisotopic (exact) mass is 397 g/mol. The second-order valence-corrected chi connectivity index (χ2v) is 6.47. The molecule has 3 nitrogen and oxygen atoms in total. The fourth-order valence-electron chi connectivity index (χ4n) is 2.65. The van der Waals surface area contributed by atoms with Crippen molar-refractivity contribution in [2.75, 3.05) is 6.61 Å². The van der Waals surface area contributed by atoms with Gasteiger partial charge in [-0.15, -0.1) is 0 Å². The van der Waals surface area contributed by atoms with Crippen LogP contribution in [0, 0.1) is 6.92 Å². The molecule has 0 aliphatic carbocycles. The third kappa shape index (κ3) is 4.40. The number of carbonyl (C=O) groups excluding carboxylic acids is 1. The first-order chi connectivity index (χ1) is 12.2. The fourth-order valence-corrected chi connectivity index (χ4v) is 3.00. The van der Waals surface area contributed by atoms with Crippen LogP contribution in [0.1, 0.15) is 27.2 Å². The Hall–Kier alpha value is -2.33. The van der Waals surface area contributed by atoms with Crippen molar-refractivity contribution in [2.24, 2.45) is 0 Å². The number of hydrogen-bond donors (Lipinski definition) is 0. The van der Waals surface area contributed by atoms with Crippen molar-refractivity contribution in [1.82, 2.24) is 4.57 Å². The predicted molar refractivity (Wildman–Crippen MR) is 104 cm³/mol. The lowest BCUT2D eigenvalue weighted by molar-refractivity contribution is 0.102. The summed E-state index contributed by atoms with van der Waals surface area (Å²) in [5, 5.41) is 0.803. The highest BCUT2D eigenvalue weighted by atomic mass is 79.9. The number of nitrogens with zero attached hydrogens (tertiary/aromatic N) is 1. The van der Waals surface area contributed by atoms with Gasteiger partial charge in [0.15, 0.2) is 0 Å². The van der Waals surface area contributed by atoms with E-state index in [4.69, 9.17) is 4.74 Å². The Morgan fingerprint density at radius 1 is 1.08 bits per heavy atom. The highest BCUT2D eigenvalue weighted by Crippen LogP contribution is 2.16. The molecule has 0 amide bonds. The standard InChI is InChI=1S/C21H20BrNO2/c1-16-7-9-18(10-8-16)21(24)20-6-3-11-23(20)12-13-25-19-5-2-4-17(14-19)15-22/h2-11,14H,12-13,15H2,1H3. The number of aryl methyl sites for hydroxylation is 1. The van der Waals surface area contributed by atoms with Crippen LogP contribution < -0.4 is 4.74 Å². The summed E-state index contributed by atoms with van der Waals surface area (Å²) >= 11 is 3.45. The average Bonchev–Trinajstić information content (AvgIpc) is 3.10. The quantitative estimate of drug-likeness (QED) is 0.414.